The highest BCUT2D eigenvalue weighted by molar-refractivity contribution is 6.01. The number of pyridine rings is 2. The van der Waals surface area contributed by atoms with Gasteiger partial charge in [0.15, 0.2) is 0 Å². The predicted octanol–water partition coefficient (Wildman–Crippen LogP) is 2.26. The van der Waals surface area contributed by atoms with Crippen molar-refractivity contribution in [1.82, 2.24) is 29.9 Å². The number of hydrogen-bond donors (Lipinski definition) is 1. The van der Waals surface area contributed by atoms with Crippen LogP contribution in [0.25, 0.3) is 33.5 Å². The Hall–Kier alpha value is -3.26. The minimum atomic E-state index is 0.710. The molecule has 1 aliphatic rings. The number of anilines is 1. The van der Waals surface area contributed by atoms with Crippen molar-refractivity contribution in [3.8, 4) is 22.6 Å². The van der Waals surface area contributed by atoms with Crippen molar-refractivity contribution < 1.29 is 4.74 Å². The Labute approximate surface area is 155 Å². The summed E-state index contributed by atoms with van der Waals surface area (Å²) in [6, 6.07) is 8.08. The van der Waals surface area contributed by atoms with Crippen molar-refractivity contribution in [2.24, 2.45) is 7.05 Å². The molecule has 27 heavy (non-hydrogen) atoms. The van der Waals surface area contributed by atoms with Gasteiger partial charge in [-0.25, -0.2) is 4.98 Å². The van der Waals surface area contributed by atoms with E-state index in [1.165, 1.54) is 0 Å². The molecule has 0 unspecified atom stereocenters. The zero-order chi connectivity index (χ0) is 18.2. The van der Waals surface area contributed by atoms with Crippen LogP contribution in [0.5, 0.6) is 0 Å². The molecule has 0 spiro atoms. The largest absolute Gasteiger partial charge is 0.378 e. The molecule has 4 aromatic heterocycles. The summed E-state index contributed by atoms with van der Waals surface area (Å²) in [6.45, 7) is 3.06. The van der Waals surface area contributed by atoms with Crippen molar-refractivity contribution in [3.05, 3.63) is 42.9 Å². The van der Waals surface area contributed by atoms with Crippen molar-refractivity contribution in [2.75, 3.05) is 31.2 Å². The fourth-order valence-corrected chi connectivity index (χ4v) is 3.53. The molecule has 0 aliphatic carbocycles. The van der Waals surface area contributed by atoms with Crippen LogP contribution < -0.4 is 4.90 Å². The zero-order valence-electron chi connectivity index (χ0n) is 15.0. The van der Waals surface area contributed by atoms with E-state index in [4.69, 9.17) is 9.72 Å². The summed E-state index contributed by atoms with van der Waals surface area (Å²) in [7, 11) is 1.95. The van der Waals surface area contributed by atoms with Gasteiger partial charge in [-0.1, -0.05) is 0 Å². The van der Waals surface area contributed by atoms with Gasteiger partial charge in [0.1, 0.15) is 17.0 Å². The van der Waals surface area contributed by atoms with Crippen LogP contribution >= 0.6 is 0 Å². The number of nitrogens with zero attached hydrogens (tertiary/aromatic N) is 6. The monoisotopic (exact) mass is 361 g/mol. The Morgan fingerprint density at radius 1 is 1.07 bits per heavy atom. The van der Waals surface area contributed by atoms with E-state index >= 15 is 0 Å². The quantitative estimate of drug-likeness (QED) is 0.602. The lowest BCUT2D eigenvalue weighted by atomic mass is 10.0. The number of nitrogens with one attached hydrogen (secondary N) is 1. The molecule has 8 nitrogen and oxygen atoms in total. The SMILES string of the molecule is Cn1nccc1-c1cc(N2CCOCC2)nc2c(-c3ccn[nH]3)nccc12. The normalized spacial score (nSPS) is 14.8. The highest BCUT2D eigenvalue weighted by Gasteiger charge is 2.19. The Balaban J connectivity index is 1.79. The molecule has 0 amide bonds. The van der Waals surface area contributed by atoms with Crippen LogP contribution in [0.2, 0.25) is 0 Å². The summed E-state index contributed by atoms with van der Waals surface area (Å²) < 4.78 is 7.39. The van der Waals surface area contributed by atoms with Crippen molar-refractivity contribution >= 4 is 16.7 Å². The van der Waals surface area contributed by atoms with Crippen molar-refractivity contribution in [1.29, 1.82) is 0 Å². The molecule has 0 saturated carbocycles. The zero-order valence-corrected chi connectivity index (χ0v) is 15.0. The van der Waals surface area contributed by atoms with E-state index in [0.717, 1.165) is 52.5 Å². The summed E-state index contributed by atoms with van der Waals surface area (Å²) >= 11 is 0. The average Bonchev–Trinajstić information content (AvgIpc) is 3.39. The van der Waals surface area contributed by atoms with Gasteiger partial charge >= 0.3 is 0 Å². The molecule has 0 aromatic carbocycles. The van der Waals surface area contributed by atoms with Crippen molar-refractivity contribution in [2.45, 2.75) is 0 Å². The summed E-state index contributed by atoms with van der Waals surface area (Å²) in [5.41, 5.74) is 4.62. The number of H-pyrrole nitrogens is 1. The standard InChI is InChI=1S/C19H19N7O/c1-25-16(4-7-22-25)14-12-17(26-8-10-27-11-9-26)23-18-13(14)2-5-20-19(18)15-3-6-21-24-15/h2-7,12H,8-11H2,1H3,(H,21,24). The third-order valence-electron chi connectivity index (χ3n) is 4.90. The Bertz CT molecular complexity index is 1080. The van der Waals surface area contributed by atoms with Crippen LogP contribution in [0.15, 0.2) is 42.9 Å². The number of rotatable bonds is 3. The molecule has 5 heterocycles. The van der Waals surface area contributed by atoms with Gasteiger partial charge in [0.2, 0.25) is 0 Å². The fourth-order valence-electron chi connectivity index (χ4n) is 3.53. The molecule has 4 aromatic rings. The number of morpholine rings is 1. The Morgan fingerprint density at radius 2 is 1.96 bits per heavy atom. The van der Waals surface area contributed by atoms with Gasteiger partial charge in [0, 0.05) is 49.7 Å². The van der Waals surface area contributed by atoms with E-state index in [2.05, 4.69) is 31.2 Å². The highest BCUT2D eigenvalue weighted by atomic mass is 16.5. The van der Waals surface area contributed by atoms with Gasteiger partial charge in [-0.15, -0.1) is 0 Å². The van der Waals surface area contributed by atoms with Crippen LogP contribution in [0.1, 0.15) is 0 Å². The van der Waals surface area contributed by atoms with E-state index in [-0.39, 0.29) is 0 Å². The third kappa shape index (κ3) is 2.74. The first-order chi connectivity index (χ1) is 13.3. The molecule has 1 fully saturated rings. The highest BCUT2D eigenvalue weighted by Crippen LogP contribution is 2.34. The number of ether oxygens (including phenoxy) is 1. The summed E-state index contributed by atoms with van der Waals surface area (Å²) in [4.78, 5) is 11.8. The van der Waals surface area contributed by atoms with E-state index in [1.807, 2.05) is 42.3 Å². The van der Waals surface area contributed by atoms with Gasteiger partial charge in [0.25, 0.3) is 0 Å². The smallest absolute Gasteiger partial charge is 0.130 e. The number of aromatic nitrogens is 6. The second-order valence-electron chi connectivity index (χ2n) is 6.49. The van der Waals surface area contributed by atoms with Crippen LogP contribution in [-0.2, 0) is 11.8 Å². The molecular weight excluding hydrogens is 342 g/mol. The molecule has 0 bridgehead atoms. The van der Waals surface area contributed by atoms with Crippen LogP contribution in [0.3, 0.4) is 0 Å². The maximum Gasteiger partial charge on any atom is 0.130 e. The molecule has 136 valence electrons. The Kier molecular flexibility index (Phi) is 3.83. The summed E-state index contributed by atoms with van der Waals surface area (Å²) in [5, 5.41) is 12.5. The van der Waals surface area contributed by atoms with Crippen LogP contribution in [0.4, 0.5) is 5.82 Å². The molecule has 0 atom stereocenters. The first kappa shape index (κ1) is 16.0. The van der Waals surface area contributed by atoms with E-state index in [1.54, 1.807) is 6.20 Å². The first-order valence-corrected chi connectivity index (χ1v) is 8.92. The minimum absolute atomic E-state index is 0.710. The second kappa shape index (κ2) is 6.48. The van der Waals surface area contributed by atoms with E-state index in [9.17, 15) is 0 Å². The van der Waals surface area contributed by atoms with Gasteiger partial charge < -0.3 is 9.64 Å². The van der Waals surface area contributed by atoms with Gasteiger partial charge in [0.05, 0.1) is 24.6 Å². The lowest BCUT2D eigenvalue weighted by molar-refractivity contribution is 0.122. The molecular formula is C19H19N7O. The van der Waals surface area contributed by atoms with Gasteiger partial charge in [-0.3, -0.25) is 14.8 Å². The molecule has 1 saturated heterocycles. The number of aryl methyl sites for hydroxylation is 1. The predicted molar refractivity (Wildman–Crippen MR) is 102 cm³/mol. The topological polar surface area (TPSA) is 84.8 Å². The first-order valence-electron chi connectivity index (χ1n) is 8.92. The molecule has 5 rings (SSSR count). The third-order valence-corrected chi connectivity index (χ3v) is 4.90. The summed E-state index contributed by atoms with van der Waals surface area (Å²) in [5.74, 6) is 0.927. The van der Waals surface area contributed by atoms with Gasteiger partial charge in [-0.2, -0.15) is 10.2 Å². The number of aromatic amines is 1. The number of hydrogen-bond acceptors (Lipinski definition) is 6. The van der Waals surface area contributed by atoms with Crippen molar-refractivity contribution in [3.63, 3.8) is 0 Å². The van der Waals surface area contributed by atoms with E-state index < -0.39 is 0 Å². The molecule has 8 heteroatoms. The molecule has 1 N–H and O–H groups in total. The number of fused-ring (bicyclic) bond motifs is 1. The maximum atomic E-state index is 5.50. The fraction of sp³-hybridized carbons (Fsp3) is 0.263. The lowest BCUT2D eigenvalue weighted by Gasteiger charge is -2.28. The van der Waals surface area contributed by atoms with Crippen LogP contribution in [-0.4, -0.2) is 56.2 Å². The maximum absolute atomic E-state index is 5.50. The van der Waals surface area contributed by atoms with E-state index in [0.29, 0.717) is 13.2 Å². The lowest BCUT2D eigenvalue weighted by Crippen LogP contribution is -2.36. The minimum Gasteiger partial charge on any atom is -0.378 e. The Morgan fingerprint density at radius 3 is 2.70 bits per heavy atom. The summed E-state index contributed by atoms with van der Waals surface area (Å²) in [6.07, 6.45) is 5.35. The molecule has 1 aliphatic heterocycles. The van der Waals surface area contributed by atoms with Crippen LogP contribution in [0, 0.1) is 0 Å². The second-order valence-corrected chi connectivity index (χ2v) is 6.49. The average molecular weight is 361 g/mol. The molecule has 0 radical (unpaired) electrons. The van der Waals surface area contributed by atoms with Gasteiger partial charge in [-0.05, 0) is 24.3 Å².